The van der Waals surface area contributed by atoms with E-state index in [9.17, 15) is 4.79 Å². The van der Waals surface area contributed by atoms with Gasteiger partial charge in [0, 0.05) is 31.7 Å². The summed E-state index contributed by atoms with van der Waals surface area (Å²) in [5.74, 6) is 0.320. The SMILES string of the molecule is CC(C(=O)N1CCC(N)CC1)N1CC2(C)CC1CC(C)(C)C2. The van der Waals surface area contributed by atoms with E-state index in [2.05, 4.69) is 32.6 Å². The average Bonchev–Trinajstić information content (AvgIpc) is 2.67. The summed E-state index contributed by atoms with van der Waals surface area (Å²) in [6.45, 7) is 12.1. The number of carbonyl (C=O) groups is 1. The Balaban J connectivity index is 1.68. The molecular formula is C18H33N3O. The quantitative estimate of drug-likeness (QED) is 0.851. The monoisotopic (exact) mass is 307 g/mol. The van der Waals surface area contributed by atoms with Gasteiger partial charge < -0.3 is 10.6 Å². The van der Waals surface area contributed by atoms with Crippen molar-refractivity contribution in [1.82, 2.24) is 9.80 Å². The molecule has 0 aromatic rings. The maximum Gasteiger partial charge on any atom is 0.239 e. The van der Waals surface area contributed by atoms with Crippen LogP contribution >= 0.6 is 0 Å². The van der Waals surface area contributed by atoms with Crippen molar-refractivity contribution >= 4 is 5.91 Å². The molecular weight excluding hydrogens is 274 g/mol. The van der Waals surface area contributed by atoms with E-state index in [0.717, 1.165) is 32.5 Å². The highest BCUT2D eigenvalue weighted by Crippen LogP contribution is 2.53. The highest BCUT2D eigenvalue weighted by atomic mass is 16.2. The third-order valence-electron chi connectivity index (χ3n) is 6.16. The molecule has 0 spiro atoms. The molecule has 1 saturated carbocycles. The first-order valence-corrected chi connectivity index (χ1v) is 8.99. The lowest BCUT2D eigenvalue weighted by molar-refractivity contribution is -0.138. The third kappa shape index (κ3) is 3.05. The number of amides is 1. The van der Waals surface area contributed by atoms with Crippen LogP contribution in [0.15, 0.2) is 0 Å². The van der Waals surface area contributed by atoms with Gasteiger partial charge in [0.05, 0.1) is 6.04 Å². The number of nitrogens with two attached hydrogens (primary N) is 1. The first-order chi connectivity index (χ1) is 10.2. The summed E-state index contributed by atoms with van der Waals surface area (Å²) in [5, 5.41) is 0. The highest BCUT2D eigenvalue weighted by molar-refractivity contribution is 5.81. The summed E-state index contributed by atoms with van der Waals surface area (Å²) < 4.78 is 0. The minimum absolute atomic E-state index is 0.0232. The molecule has 2 N–H and O–H groups in total. The summed E-state index contributed by atoms with van der Waals surface area (Å²) in [4.78, 5) is 17.4. The minimum atomic E-state index is 0.0232. The fourth-order valence-corrected chi connectivity index (χ4v) is 5.48. The molecule has 3 fully saturated rings. The lowest BCUT2D eigenvalue weighted by atomic mass is 9.65. The van der Waals surface area contributed by atoms with Crippen LogP contribution < -0.4 is 5.73 Å². The van der Waals surface area contributed by atoms with E-state index in [1.54, 1.807) is 0 Å². The molecule has 0 radical (unpaired) electrons. The van der Waals surface area contributed by atoms with Gasteiger partial charge in [-0.2, -0.15) is 0 Å². The van der Waals surface area contributed by atoms with Crippen molar-refractivity contribution in [3.05, 3.63) is 0 Å². The maximum atomic E-state index is 12.9. The summed E-state index contributed by atoms with van der Waals surface area (Å²) in [6, 6.07) is 0.889. The molecule has 1 amide bonds. The van der Waals surface area contributed by atoms with Crippen LogP contribution in [0.25, 0.3) is 0 Å². The number of carbonyl (C=O) groups excluding carboxylic acids is 1. The van der Waals surface area contributed by atoms with Crippen LogP contribution in [0.5, 0.6) is 0 Å². The van der Waals surface area contributed by atoms with Crippen molar-refractivity contribution < 1.29 is 4.79 Å². The zero-order chi connectivity index (χ0) is 16.1. The predicted molar refractivity (Wildman–Crippen MR) is 89.5 cm³/mol. The lowest BCUT2D eigenvalue weighted by Gasteiger charge is -2.40. The topological polar surface area (TPSA) is 49.6 Å². The number of likely N-dealkylation sites (tertiary alicyclic amines) is 2. The molecule has 22 heavy (non-hydrogen) atoms. The van der Waals surface area contributed by atoms with Crippen molar-refractivity contribution in [2.75, 3.05) is 19.6 Å². The third-order valence-corrected chi connectivity index (χ3v) is 6.16. The Bertz CT molecular complexity index is 442. The number of piperidine rings is 1. The predicted octanol–water partition coefficient (Wildman–Crippen LogP) is 2.23. The molecule has 126 valence electrons. The summed E-state index contributed by atoms with van der Waals surface area (Å²) in [5.41, 5.74) is 6.77. The van der Waals surface area contributed by atoms with Crippen LogP contribution in [0, 0.1) is 10.8 Å². The molecule has 1 aliphatic carbocycles. The van der Waals surface area contributed by atoms with E-state index >= 15 is 0 Å². The molecule has 3 atom stereocenters. The standard InChI is InChI=1S/C18H33N3O/c1-13(16(22)20-7-5-14(19)6-8-20)21-12-18(4)10-15(21)9-17(2,3)11-18/h13-15H,5-12,19H2,1-4H3. The Hall–Kier alpha value is -0.610. The van der Waals surface area contributed by atoms with Gasteiger partial charge in [-0.3, -0.25) is 9.69 Å². The number of nitrogens with zero attached hydrogens (tertiary/aromatic N) is 2. The minimum Gasteiger partial charge on any atom is -0.341 e. The van der Waals surface area contributed by atoms with Crippen LogP contribution in [-0.4, -0.2) is 53.5 Å². The molecule has 0 aromatic carbocycles. The van der Waals surface area contributed by atoms with Crippen molar-refractivity contribution in [2.45, 2.75) is 77.9 Å². The largest absolute Gasteiger partial charge is 0.341 e. The van der Waals surface area contributed by atoms with Crippen LogP contribution in [-0.2, 0) is 4.79 Å². The first kappa shape index (κ1) is 16.3. The molecule has 3 unspecified atom stereocenters. The Morgan fingerprint density at radius 3 is 2.45 bits per heavy atom. The van der Waals surface area contributed by atoms with Crippen molar-refractivity contribution in [3.63, 3.8) is 0 Å². The van der Waals surface area contributed by atoms with E-state index < -0.39 is 0 Å². The molecule has 4 nitrogen and oxygen atoms in total. The van der Waals surface area contributed by atoms with Gasteiger partial charge in [-0.25, -0.2) is 0 Å². The highest BCUT2D eigenvalue weighted by Gasteiger charge is 2.51. The van der Waals surface area contributed by atoms with Crippen LogP contribution in [0.3, 0.4) is 0 Å². The smallest absolute Gasteiger partial charge is 0.239 e. The zero-order valence-corrected chi connectivity index (χ0v) is 14.8. The normalized spacial score (nSPS) is 37.3. The van der Waals surface area contributed by atoms with Crippen molar-refractivity contribution in [2.24, 2.45) is 16.6 Å². The molecule has 2 bridgehead atoms. The number of hydrogen-bond acceptors (Lipinski definition) is 3. The van der Waals surface area contributed by atoms with Gasteiger partial charge in [0.25, 0.3) is 0 Å². The van der Waals surface area contributed by atoms with Gasteiger partial charge in [0.2, 0.25) is 5.91 Å². The van der Waals surface area contributed by atoms with E-state index in [4.69, 9.17) is 5.73 Å². The molecule has 2 heterocycles. The molecule has 3 rings (SSSR count). The second kappa shape index (κ2) is 5.48. The number of rotatable bonds is 2. The van der Waals surface area contributed by atoms with E-state index in [1.165, 1.54) is 19.3 Å². The van der Waals surface area contributed by atoms with Gasteiger partial charge >= 0.3 is 0 Å². The summed E-state index contributed by atoms with van der Waals surface area (Å²) in [7, 11) is 0. The first-order valence-electron chi connectivity index (χ1n) is 8.99. The Morgan fingerprint density at radius 1 is 1.18 bits per heavy atom. The maximum absolute atomic E-state index is 12.9. The molecule has 3 aliphatic rings. The van der Waals surface area contributed by atoms with E-state index in [-0.39, 0.29) is 12.1 Å². The van der Waals surface area contributed by atoms with Crippen LogP contribution in [0.1, 0.15) is 59.8 Å². The second-order valence-electron chi connectivity index (χ2n) is 9.22. The van der Waals surface area contributed by atoms with Crippen LogP contribution in [0.4, 0.5) is 0 Å². The number of hydrogen-bond donors (Lipinski definition) is 1. The second-order valence-corrected chi connectivity index (χ2v) is 9.22. The zero-order valence-electron chi connectivity index (χ0n) is 14.8. The number of fused-ring (bicyclic) bond motifs is 2. The van der Waals surface area contributed by atoms with E-state index in [0.29, 0.717) is 22.8 Å². The molecule has 0 aromatic heterocycles. The van der Waals surface area contributed by atoms with Crippen LogP contribution in [0.2, 0.25) is 0 Å². The van der Waals surface area contributed by atoms with E-state index in [1.807, 2.05) is 4.90 Å². The van der Waals surface area contributed by atoms with Crippen molar-refractivity contribution in [1.29, 1.82) is 0 Å². The van der Waals surface area contributed by atoms with Gasteiger partial charge in [0.1, 0.15) is 0 Å². The Labute approximate surface area is 135 Å². The Kier molecular flexibility index (Phi) is 4.05. The lowest BCUT2D eigenvalue weighted by Crippen LogP contribution is -2.52. The fourth-order valence-electron chi connectivity index (χ4n) is 5.48. The van der Waals surface area contributed by atoms with Gasteiger partial charge in [0.15, 0.2) is 0 Å². The average molecular weight is 307 g/mol. The van der Waals surface area contributed by atoms with Crippen molar-refractivity contribution in [3.8, 4) is 0 Å². The van der Waals surface area contributed by atoms with Gasteiger partial charge in [-0.1, -0.05) is 20.8 Å². The summed E-state index contributed by atoms with van der Waals surface area (Å²) >= 11 is 0. The fraction of sp³-hybridized carbons (Fsp3) is 0.944. The Morgan fingerprint density at radius 2 is 1.82 bits per heavy atom. The molecule has 2 saturated heterocycles. The summed E-state index contributed by atoms with van der Waals surface area (Å²) in [6.07, 6.45) is 5.68. The molecule has 2 aliphatic heterocycles. The molecule has 4 heteroatoms. The van der Waals surface area contributed by atoms with Gasteiger partial charge in [-0.05, 0) is 49.9 Å². The van der Waals surface area contributed by atoms with Gasteiger partial charge in [-0.15, -0.1) is 0 Å².